The molecule has 6 nitrogen and oxygen atoms in total. The van der Waals surface area contributed by atoms with Gasteiger partial charge in [0, 0.05) is 23.6 Å². The molecule has 0 atom stereocenters. The molecule has 1 aromatic heterocycles. The third kappa shape index (κ3) is 7.44. The normalized spacial score (nSPS) is 11.3. The first-order valence-corrected chi connectivity index (χ1v) is 13.6. The maximum absolute atomic E-state index is 13.6. The van der Waals surface area contributed by atoms with Crippen molar-refractivity contribution in [2.24, 2.45) is 0 Å². The van der Waals surface area contributed by atoms with Crippen LogP contribution in [0.5, 0.6) is 0 Å². The summed E-state index contributed by atoms with van der Waals surface area (Å²) < 4.78 is 1.75. The second kappa shape index (κ2) is 12.6. The lowest BCUT2D eigenvalue weighted by atomic mass is 9.92. The van der Waals surface area contributed by atoms with Gasteiger partial charge in [-0.05, 0) is 48.2 Å². The van der Waals surface area contributed by atoms with Crippen molar-refractivity contribution in [2.75, 3.05) is 11.9 Å². The van der Waals surface area contributed by atoms with E-state index in [-0.39, 0.29) is 23.8 Å². The smallest absolute Gasteiger partial charge is 0.254 e. The van der Waals surface area contributed by atoms with Crippen LogP contribution in [0.2, 0.25) is 0 Å². The summed E-state index contributed by atoms with van der Waals surface area (Å²) in [5.74, 6) is 0.114. The fraction of sp³-hybridized carbons (Fsp3) is 0.303. The van der Waals surface area contributed by atoms with Crippen LogP contribution < -0.4 is 5.32 Å². The molecule has 0 spiro atoms. The molecule has 1 heterocycles. The van der Waals surface area contributed by atoms with Gasteiger partial charge in [0.2, 0.25) is 5.91 Å². The number of anilines is 1. The molecule has 6 heteroatoms. The molecule has 0 radical (unpaired) electrons. The van der Waals surface area contributed by atoms with Gasteiger partial charge in [0.15, 0.2) is 0 Å². The van der Waals surface area contributed by atoms with Gasteiger partial charge in [-0.1, -0.05) is 94.8 Å². The summed E-state index contributed by atoms with van der Waals surface area (Å²) in [6.07, 6.45) is 3.23. The lowest BCUT2D eigenvalue weighted by Gasteiger charge is -2.23. The van der Waals surface area contributed by atoms with Crippen LogP contribution in [0.3, 0.4) is 0 Å². The number of rotatable bonds is 10. The van der Waals surface area contributed by atoms with Gasteiger partial charge in [-0.25, -0.2) is 4.68 Å². The molecule has 202 valence electrons. The van der Waals surface area contributed by atoms with Gasteiger partial charge in [0.05, 0.1) is 11.4 Å². The number of carbonyl (C=O) groups excluding carboxylic acids is 2. The lowest BCUT2D eigenvalue weighted by molar-refractivity contribution is -0.117. The quantitative estimate of drug-likeness (QED) is 0.249. The number of hydrogen-bond acceptors (Lipinski definition) is 3. The molecular formula is C33H38N4O2. The summed E-state index contributed by atoms with van der Waals surface area (Å²) in [5, 5.41) is 7.81. The Morgan fingerprint density at radius 3 is 2.13 bits per heavy atom. The monoisotopic (exact) mass is 522 g/mol. The number of benzene rings is 3. The number of unbranched alkanes of at least 4 members (excludes halogenated alkanes) is 1. The van der Waals surface area contributed by atoms with Gasteiger partial charge in [-0.2, -0.15) is 5.10 Å². The minimum Gasteiger partial charge on any atom is -0.325 e. The molecule has 1 N–H and O–H groups in total. The maximum atomic E-state index is 13.6. The van der Waals surface area contributed by atoms with E-state index < -0.39 is 0 Å². The molecule has 2 amide bonds. The number of nitrogens with one attached hydrogen (secondary N) is 1. The van der Waals surface area contributed by atoms with Gasteiger partial charge in [-0.3, -0.25) is 9.59 Å². The van der Waals surface area contributed by atoms with Crippen LogP contribution in [0.1, 0.15) is 67.7 Å². The average Bonchev–Trinajstić information content (AvgIpc) is 3.37. The molecule has 0 aliphatic carbocycles. The number of amides is 2. The Bertz CT molecular complexity index is 1370. The highest BCUT2D eigenvalue weighted by Crippen LogP contribution is 2.26. The Hall–Kier alpha value is -4.19. The second-order valence-corrected chi connectivity index (χ2v) is 10.9. The summed E-state index contributed by atoms with van der Waals surface area (Å²) in [7, 11) is 0. The fourth-order valence-corrected chi connectivity index (χ4v) is 4.34. The Balaban J connectivity index is 1.57. The molecule has 0 aliphatic rings. The topological polar surface area (TPSA) is 67.2 Å². The van der Waals surface area contributed by atoms with Gasteiger partial charge >= 0.3 is 0 Å². The standard InChI is InChI=1S/C33H38N4O2/c1-5-6-13-25-18-20-27(21-19-25)32(39)36(23-26-14-9-7-10-15-26)24-31(38)34-30-22-29(33(2,3)4)35-37(30)28-16-11-8-12-17-28/h7-12,14-22H,5-6,13,23-24H2,1-4H3,(H,34,38). The first-order chi connectivity index (χ1) is 18.7. The van der Waals surface area contributed by atoms with Gasteiger partial charge in [-0.15, -0.1) is 0 Å². The van der Waals surface area contributed by atoms with E-state index in [1.54, 1.807) is 9.58 Å². The van der Waals surface area contributed by atoms with E-state index in [9.17, 15) is 9.59 Å². The van der Waals surface area contributed by atoms with Gasteiger partial charge < -0.3 is 10.2 Å². The maximum Gasteiger partial charge on any atom is 0.254 e. The van der Waals surface area contributed by atoms with Crippen molar-refractivity contribution in [2.45, 2.75) is 58.9 Å². The molecule has 0 saturated carbocycles. The Morgan fingerprint density at radius 1 is 0.872 bits per heavy atom. The first-order valence-electron chi connectivity index (χ1n) is 13.6. The highest BCUT2D eigenvalue weighted by molar-refractivity contribution is 5.99. The zero-order chi connectivity index (χ0) is 27.8. The zero-order valence-corrected chi connectivity index (χ0v) is 23.4. The first kappa shape index (κ1) is 27.8. The van der Waals surface area contributed by atoms with Crippen molar-refractivity contribution < 1.29 is 9.59 Å². The molecule has 0 unspecified atom stereocenters. The molecule has 39 heavy (non-hydrogen) atoms. The number of nitrogens with zero attached hydrogens (tertiary/aromatic N) is 3. The molecule has 0 bridgehead atoms. The molecule has 4 rings (SSSR count). The van der Waals surface area contributed by atoms with E-state index in [0.717, 1.165) is 36.2 Å². The molecule has 0 fully saturated rings. The van der Waals surface area contributed by atoms with Gasteiger partial charge in [0.25, 0.3) is 5.91 Å². The second-order valence-electron chi connectivity index (χ2n) is 10.9. The van der Waals surface area contributed by atoms with Crippen molar-refractivity contribution >= 4 is 17.6 Å². The third-order valence-electron chi connectivity index (χ3n) is 6.60. The van der Waals surface area contributed by atoms with Crippen LogP contribution in [-0.4, -0.2) is 33.0 Å². The number of para-hydroxylation sites is 1. The minimum absolute atomic E-state index is 0.0872. The summed E-state index contributed by atoms with van der Waals surface area (Å²) in [6.45, 7) is 8.67. The Morgan fingerprint density at radius 2 is 1.51 bits per heavy atom. The van der Waals surface area contributed by atoms with E-state index in [0.29, 0.717) is 17.9 Å². The molecule has 3 aromatic carbocycles. The predicted molar refractivity (Wildman–Crippen MR) is 157 cm³/mol. The van der Waals surface area contributed by atoms with Crippen LogP contribution >= 0.6 is 0 Å². The van der Waals surface area contributed by atoms with Crippen LogP contribution in [0.15, 0.2) is 91.0 Å². The Labute approximate surface area is 231 Å². The number of hydrogen-bond donors (Lipinski definition) is 1. The van der Waals surface area contributed by atoms with Crippen LogP contribution in [0, 0.1) is 0 Å². The molecular weight excluding hydrogens is 484 g/mol. The van der Waals surface area contributed by atoms with E-state index in [2.05, 4.69) is 33.0 Å². The molecule has 4 aromatic rings. The van der Waals surface area contributed by atoms with Crippen molar-refractivity contribution in [1.82, 2.24) is 14.7 Å². The summed E-state index contributed by atoms with van der Waals surface area (Å²) in [4.78, 5) is 28.6. The van der Waals surface area contributed by atoms with Crippen molar-refractivity contribution in [3.05, 3.63) is 113 Å². The minimum atomic E-state index is -0.281. The molecule has 0 saturated heterocycles. The highest BCUT2D eigenvalue weighted by atomic mass is 16.2. The summed E-state index contributed by atoms with van der Waals surface area (Å²) >= 11 is 0. The highest BCUT2D eigenvalue weighted by Gasteiger charge is 2.24. The number of aromatic nitrogens is 2. The van der Waals surface area contributed by atoms with Crippen LogP contribution in [-0.2, 0) is 23.2 Å². The zero-order valence-electron chi connectivity index (χ0n) is 23.4. The van der Waals surface area contributed by atoms with Crippen LogP contribution in [0.4, 0.5) is 5.82 Å². The third-order valence-corrected chi connectivity index (χ3v) is 6.60. The van der Waals surface area contributed by atoms with Crippen molar-refractivity contribution in [3.8, 4) is 5.69 Å². The van der Waals surface area contributed by atoms with Gasteiger partial charge in [0.1, 0.15) is 12.4 Å². The SMILES string of the molecule is CCCCc1ccc(C(=O)N(CC(=O)Nc2cc(C(C)(C)C)nn2-c2ccccc2)Cc2ccccc2)cc1. The van der Waals surface area contributed by atoms with E-state index in [1.807, 2.05) is 91.0 Å². The largest absolute Gasteiger partial charge is 0.325 e. The summed E-state index contributed by atoms with van der Waals surface area (Å²) in [6, 6.07) is 29.1. The number of aryl methyl sites for hydroxylation is 1. The number of carbonyl (C=O) groups is 2. The average molecular weight is 523 g/mol. The van der Waals surface area contributed by atoms with Crippen molar-refractivity contribution in [3.63, 3.8) is 0 Å². The predicted octanol–water partition coefficient (Wildman–Crippen LogP) is 6.79. The van der Waals surface area contributed by atoms with Crippen LogP contribution in [0.25, 0.3) is 5.69 Å². The van der Waals surface area contributed by atoms with E-state index >= 15 is 0 Å². The van der Waals surface area contributed by atoms with E-state index in [4.69, 9.17) is 5.10 Å². The lowest BCUT2D eigenvalue weighted by Crippen LogP contribution is -2.37. The van der Waals surface area contributed by atoms with E-state index in [1.165, 1.54) is 5.56 Å². The summed E-state index contributed by atoms with van der Waals surface area (Å²) in [5.41, 5.74) is 4.26. The fourth-order valence-electron chi connectivity index (χ4n) is 4.34. The van der Waals surface area contributed by atoms with Crippen molar-refractivity contribution in [1.29, 1.82) is 0 Å². The Kier molecular flexibility index (Phi) is 8.97. The molecule has 0 aliphatic heterocycles.